The van der Waals surface area contributed by atoms with Crippen LogP contribution in [0.1, 0.15) is 27.2 Å². The average Bonchev–Trinajstić information content (AvgIpc) is 2.84. The summed E-state index contributed by atoms with van der Waals surface area (Å²) in [6, 6.07) is -0.0773. The molecule has 0 saturated carbocycles. The Bertz CT molecular complexity index is 322. The van der Waals surface area contributed by atoms with Crippen molar-refractivity contribution in [3.63, 3.8) is 0 Å². The Balaban J connectivity index is 2.57. The lowest BCUT2D eigenvalue weighted by atomic mass is 10.0. The Morgan fingerprint density at radius 3 is 2.63 bits per heavy atom. The number of nitrogens with zero attached hydrogens (tertiary/aromatic N) is 1. The molecule has 1 amide bonds. The number of carboxylic acid groups (broad SMARTS) is 1. The molecule has 6 nitrogen and oxygen atoms in total. The number of hydrogen-bond acceptors (Lipinski definition) is 4. The fourth-order valence-electron chi connectivity index (χ4n) is 2.21. The molecule has 0 aromatic carbocycles. The van der Waals surface area contributed by atoms with Crippen molar-refractivity contribution in [2.24, 2.45) is 5.92 Å². The maximum absolute atomic E-state index is 11.9. The minimum atomic E-state index is -0.858. The summed E-state index contributed by atoms with van der Waals surface area (Å²) in [5, 5.41) is 12.0. The zero-order valence-electron chi connectivity index (χ0n) is 11.9. The van der Waals surface area contributed by atoms with E-state index in [4.69, 9.17) is 9.84 Å². The molecule has 3 atom stereocenters. The average molecular weight is 272 g/mol. The van der Waals surface area contributed by atoms with Crippen LogP contribution >= 0.6 is 0 Å². The van der Waals surface area contributed by atoms with Crippen molar-refractivity contribution in [1.82, 2.24) is 10.2 Å². The van der Waals surface area contributed by atoms with Crippen LogP contribution in [0.4, 0.5) is 0 Å². The van der Waals surface area contributed by atoms with Crippen LogP contribution in [0.2, 0.25) is 0 Å². The van der Waals surface area contributed by atoms with Gasteiger partial charge in [-0.1, -0.05) is 13.8 Å². The van der Waals surface area contributed by atoms with Gasteiger partial charge in [0.25, 0.3) is 0 Å². The number of amides is 1. The molecule has 0 aromatic rings. The number of likely N-dealkylation sites (N-methyl/N-ethyl adjacent to an activating group) is 1. The SMILES string of the molecule is CCC(C)NC(=O)CN(CC)C1COCC1C(=O)O. The van der Waals surface area contributed by atoms with Crippen LogP contribution in [0.25, 0.3) is 0 Å². The highest BCUT2D eigenvalue weighted by Crippen LogP contribution is 2.19. The number of nitrogens with one attached hydrogen (secondary N) is 1. The first-order valence-electron chi connectivity index (χ1n) is 6.83. The minimum Gasteiger partial charge on any atom is -0.481 e. The van der Waals surface area contributed by atoms with E-state index in [1.807, 2.05) is 25.7 Å². The zero-order chi connectivity index (χ0) is 14.4. The number of hydrogen-bond donors (Lipinski definition) is 2. The van der Waals surface area contributed by atoms with Crippen LogP contribution in [-0.4, -0.2) is 60.3 Å². The van der Waals surface area contributed by atoms with Crippen LogP contribution in [0.3, 0.4) is 0 Å². The molecular weight excluding hydrogens is 248 g/mol. The molecule has 1 saturated heterocycles. The lowest BCUT2D eigenvalue weighted by Crippen LogP contribution is -2.48. The van der Waals surface area contributed by atoms with Crippen LogP contribution in [0.5, 0.6) is 0 Å². The van der Waals surface area contributed by atoms with Gasteiger partial charge in [0, 0.05) is 12.1 Å². The van der Waals surface area contributed by atoms with Crippen molar-refractivity contribution >= 4 is 11.9 Å². The van der Waals surface area contributed by atoms with Crippen LogP contribution in [0, 0.1) is 5.92 Å². The van der Waals surface area contributed by atoms with Crippen LogP contribution < -0.4 is 5.32 Å². The van der Waals surface area contributed by atoms with Gasteiger partial charge in [-0.2, -0.15) is 0 Å². The largest absolute Gasteiger partial charge is 0.481 e. The van der Waals surface area contributed by atoms with E-state index in [2.05, 4.69) is 5.32 Å². The number of carbonyl (C=O) groups is 2. The molecule has 1 heterocycles. The molecular formula is C13H24N2O4. The van der Waals surface area contributed by atoms with Crippen LogP contribution in [-0.2, 0) is 14.3 Å². The number of rotatable bonds is 7. The summed E-state index contributed by atoms with van der Waals surface area (Å²) in [6.07, 6.45) is 0.877. The van der Waals surface area contributed by atoms with E-state index in [1.54, 1.807) is 0 Å². The Morgan fingerprint density at radius 2 is 2.11 bits per heavy atom. The molecule has 6 heteroatoms. The van der Waals surface area contributed by atoms with Gasteiger partial charge in [0.05, 0.1) is 25.7 Å². The summed E-state index contributed by atoms with van der Waals surface area (Å²) < 4.78 is 5.24. The lowest BCUT2D eigenvalue weighted by Gasteiger charge is -2.28. The van der Waals surface area contributed by atoms with Gasteiger partial charge in [0.15, 0.2) is 0 Å². The highest BCUT2D eigenvalue weighted by Gasteiger charge is 2.38. The van der Waals surface area contributed by atoms with Crippen molar-refractivity contribution in [2.45, 2.75) is 39.3 Å². The van der Waals surface area contributed by atoms with E-state index < -0.39 is 11.9 Å². The summed E-state index contributed by atoms with van der Waals surface area (Å²) in [6.45, 7) is 7.34. The third-order valence-electron chi connectivity index (χ3n) is 3.61. The standard InChI is InChI=1S/C13H24N2O4/c1-4-9(3)14-12(16)6-15(5-2)11-8-19-7-10(11)13(17)18/h9-11H,4-8H2,1-3H3,(H,14,16)(H,17,18). The van der Waals surface area contributed by atoms with Gasteiger partial charge in [-0.05, 0) is 19.9 Å². The highest BCUT2D eigenvalue weighted by molar-refractivity contribution is 5.78. The van der Waals surface area contributed by atoms with Crippen LogP contribution in [0.15, 0.2) is 0 Å². The van der Waals surface area contributed by atoms with Crippen molar-refractivity contribution in [1.29, 1.82) is 0 Å². The number of ether oxygens (including phenoxy) is 1. The smallest absolute Gasteiger partial charge is 0.310 e. The summed E-state index contributed by atoms with van der Waals surface area (Å²) in [5.74, 6) is -1.47. The summed E-state index contributed by atoms with van der Waals surface area (Å²) in [7, 11) is 0. The van der Waals surface area contributed by atoms with E-state index in [0.29, 0.717) is 13.2 Å². The second-order valence-corrected chi connectivity index (χ2v) is 4.99. The van der Waals surface area contributed by atoms with Gasteiger partial charge < -0.3 is 15.2 Å². The van der Waals surface area contributed by atoms with Crippen molar-refractivity contribution in [3.05, 3.63) is 0 Å². The monoisotopic (exact) mass is 272 g/mol. The van der Waals surface area contributed by atoms with Gasteiger partial charge in [0.1, 0.15) is 0 Å². The van der Waals surface area contributed by atoms with Crippen molar-refractivity contribution < 1.29 is 19.4 Å². The predicted octanol–water partition coefficient (Wildman–Crippen LogP) is 0.323. The van der Waals surface area contributed by atoms with Crippen molar-refractivity contribution in [3.8, 4) is 0 Å². The van der Waals surface area contributed by atoms with Crippen molar-refractivity contribution in [2.75, 3.05) is 26.3 Å². The number of carbonyl (C=O) groups excluding carboxylic acids is 1. The third kappa shape index (κ3) is 4.47. The normalized spacial score (nSPS) is 24.4. The van der Waals surface area contributed by atoms with Gasteiger partial charge in [-0.3, -0.25) is 14.5 Å². The first kappa shape index (κ1) is 15.9. The Hall–Kier alpha value is -1.14. The molecule has 1 rings (SSSR count). The molecule has 1 fully saturated rings. The molecule has 19 heavy (non-hydrogen) atoms. The fraction of sp³-hybridized carbons (Fsp3) is 0.846. The maximum Gasteiger partial charge on any atom is 0.310 e. The first-order valence-corrected chi connectivity index (χ1v) is 6.83. The summed E-state index contributed by atoms with van der Waals surface area (Å²) in [4.78, 5) is 24.9. The molecule has 2 N–H and O–H groups in total. The molecule has 0 bridgehead atoms. The van der Waals surface area contributed by atoms with Gasteiger partial charge in [-0.25, -0.2) is 0 Å². The Morgan fingerprint density at radius 1 is 1.42 bits per heavy atom. The molecule has 1 aliphatic rings. The van der Waals surface area contributed by atoms with E-state index in [9.17, 15) is 9.59 Å². The van der Waals surface area contributed by atoms with Gasteiger partial charge in [0.2, 0.25) is 5.91 Å². The molecule has 0 radical (unpaired) electrons. The van der Waals surface area contributed by atoms with E-state index in [-0.39, 0.29) is 31.1 Å². The topological polar surface area (TPSA) is 78.9 Å². The van der Waals surface area contributed by atoms with E-state index >= 15 is 0 Å². The Labute approximate surface area is 114 Å². The highest BCUT2D eigenvalue weighted by atomic mass is 16.5. The fourth-order valence-corrected chi connectivity index (χ4v) is 2.21. The summed E-state index contributed by atoms with van der Waals surface area (Å²) in [5.41, 5.74) is 0. The Kier molecular flexibility index (Phi) is 6.24. The quantitative estimate of drug-likeness (QED) is 0.698. The lowest BCUT2D eigenvalue weighted by molar-refractivity contribution is -0.143. The molecule has 0 aliphatic carbocycles. The molecule has 0 spiro atoms. The number of aliphatic carboxylic acids is 1. The predicted molar refractivity (Wildman–Crippen MR) is 70.9 cm³/mol. The van der Waals surface area contributed by atoms with E-state index in [1.165, 1.54) is 0 Å². The molecule has 0 aromatic heterocycles. The molecule has 3 unspecified atom stereocenters. The summed E-state index contributed by atoms with van der Waals surface area (Å²) >= 11 is 0. The maximum atomic E-state index is 11.9. The van der Waals surface area contributed by atoms with Gasteiger partial charge >= 0.3 is 5.97 Å². The van der Waals surface area contributed by atoms with Gasteiger partial charge in [-0.15, -0.1) is 0 Å². The number of carboxylic acids is 1. The zero-order valence-corrected chi connectivity index (χ0v) is 11.9. The molecule has 110 valence electrons. The molecule has 1 aliphatic heterocycles. The first-order chi connectivity index (χ1) is 8.99. The second kappa shape index (κ2) is 7.45. The second-order valence-electron chi connectivity index (χ2n) is 4.99. The minimum absolute atomic E-state index is 0.0627. The van der Waals surface area contributed by atoms with E-state index in [0.717, 1.165) is 6.42 Å². The third-order valence-corrected chi connectivity index (χ3v) is 3.61.